The summed E-state index contributed by atoms with van der Waals surface area (Å²) in [5.74, 6) is 1.51. The molecule has 0 saturated carbocycles. The van der Waals surface area contributed by atoms with Gasteiger partial charge in [-0.3, -0.25) is 0 Å². The summed E-state index contributed by atoms with van der Waals surface area (Å²) in [6, 6.07) is 8.60. The van der Waals surface area contributed by atoms with Crippen LogP contribution in [-0.2, 0) is 6.42 Å². The molecule has 2 N–H and O–H groups in total. The average molecular weight is 277 g/mol. The van der Waals surface area contributed by atoms with E-state index in [0.717, 1.165) is 35.2 Å². The highest BCUT2D eigenvalue weighted by atomic mass is 32.2. The highest BCUT2D eigenvalue weighted by Crippen LogP contribution is 2.43. The molecule has 0 amide bonds. The predicted octanol–water partition coefficient (Wildman–Crippen LogP) is 2.67. The maximum atomic E-state index is 5.52. The van der Waals surface area contributed by atoms with E-state index >= 15 is 0 Å². The standard InChI is InChI=1S/C13H15N3S2/c14-7-3-6-12-15-16-13(18-12)10-8-17-11-5-2-1-4-9(10)11/h1-2,4-5,10H,3,6-8,14H2. The van der Waals surface area contributed by atoms with E-state index in [0.29, 0.717) is 5.92 Å². The molecule has 0 radical (unpaired) electrons. The maximum absolute atomic E-state index is 5.52. The fourth-order valence-electron chi connectivity index (χ4n) is 2.13. The van der Waals surface area contributed by atoms with Gasteiger partial charge in [0.2, 0.25) is 0 Å². The van der Waals surface area contributed by atoms with Gasteiger partial charge in [-0.2, -0.15) is 0 Å². The summed E-state index contributed by atoms with van der Waals surface area (Å²) in [5, 5.41) is 10.9. The van der Waals surface area contributed by atoms with Gasteiger partial charge in [-0.25, -0.2) is 0 Å². The summed E-state index contributed by atoms with van der Waals surface area (Å²) in [6.45, 7) is 0.719. The fraction of sp³-hybridized carbons (Fsp3) is 0.385. The SMILES string of the molecule is NCCCc1nnc(C2CSc3ccccc32)s1. The van der Waals surface area contributed by atoms with Crippen LogP contribution < -0.4 is 5.73 Å². The number of rotatable bonds is 4. The third-order valence-corrected chi connectivity index (χ3v) is 5.35. The van der Waals surface area contributed by atoms with Gasteiger partial charge in [-0.1, -0.05) is 18.2 Å². The molecule has 94 valence electrons. The molecule has 1 unspecified atom stereocenters. The lowest BCUT2D eigenvalue weighted by molar-refractivity contribution is 0.803. The van der Waals surface area contributed by atoms with Crippen molar-refractivity contribution in [3.8, 4) is 0 Å². The molecule has 2 aromatic rings. The van der Waals surface area contributed by atoms with E-state index in [9.17, 15) is 0 Å². The second-order valence-corrected chi connectivity index (χ2v) is 6.48. The van der Waals surface area contributed by atoms with Crippen LogP contribution in [0.2, 0.25) is 0 Å². The first-order chi connectivity index (χ1) is 8.88. The number of hydrogen-bond donors (Lipinski definition) is 1. The summed E-state index contributed by atoms with van der Waals surface area (Å²) in [5.41, 5.74) is 6.93. The van der Waals surface area contributed by atoms with Gasteiger partial charge in [0.05, 0.1) is 0 Å². The molecule has 0 bridgehead atoms. The van der Waals surface area contributed by atoms with Crippen LogP contribution in [-0.4, -0.2) is 22.5 Å². The minimum atomic E-state index is 0.426. The minimum Gasteiger partial charge on any atom is -0.330 e. The third kappa shape index (κ3) is 2.30. The van der Waals surface area contributed by atoms with Crippen LogP contribution in [0, 0.1) is 0 Å². The fourth-order valence-corrected chi connectivity index (χ4v) is 4.47. The summed E-state index contributed by atoms with van der Waals surface area (Å²) in [7, 11) is 0. The monoisotopic (exact) mass is 277 g/mol. The lowest BCUT2D eigenvalue weighted by Gasteiger charge is -2.05. The Labute approximate surface area is 115 Å². The maximum Gasteiger partial charge on any atom is 0.125 e. The number of hydrogen-bond acceptors (Lipinski definition) is 5. The van der Waals surface area contributed by atoms with E-state index in [-0.39, 0.29) is 0 Å². The predicted molar refractivity (Wildman–Crippen MR) is 76.3 cm³/mol. The van der Waals surface area contributed by atoms with Crippen molar-refractivity contribution in [1.29, 1.82) is 0 Å². The van der Waals surface area contributed by atoms with Gasteiger partial charge in [0.1, 0.15) is 10.0 Å². The summed E-state index contributed by atoms with van der Waals surface area (Å²) < 4.78 is 0. The van der Waals surface area contributed by atoms with E-state index in [4.69, 9.17) is 5.73 Å². The zero-order chi connectivity index (χ0) is 12.4. The Morgan fingerprint density at radius 3 is 3.06 bits per heavy atom. The highest BCUT2D eigenvalue weighted by molar-refractivity contribution is 7.99. The van der Waals surface area contributed by atoms with Crippen LogP contribution in [0.3, 0.4) is 0 Å². The lowest BCUT2D eigenvalue weighted by Crippen LogP contribution is -1.99. The molecule has 2 heterocycles. The first-order valence-electron chi connectivity index (χ1n) is 6.12. The topological polar surface area (TPSA) is 51.8 Å². The van der Waals surface area contributed by atoms with Crippen LogP contribution in [0.5, 0.6) is 0 Å². The molecule has 1 aromatic heterocycles. The number of benzene rings is 1. The molecule has 0 aliphatic carbocycles. The first-order valence-corrected chi connectivity index (χ1v) is 7.93. The Hall–Kier alpha value is -0.910. The van der Waals surface area contributed by atoms with Crippen LogP contribution in [0.4, 0.5) is 0 Å². The summed E-state index contributed by atoms with van der Waals surface area (Å²) >= 11 is 3.66. The van der Waals surface area contributed by atoms with Crippen molar-refractivity contribution in [2.24, 2.45) is 5.73 Å². The van der Waals surface area contributed by atoms with Crippen LogP contribution in [0.1, 0.15) is 27.9 Å². The number of thioether (sulfide) groups is 1. The van der Waals surface area contributed by atoms with Gasteiger partial charge in [0, 0.05) is 23.0 Å². The molecule has 1 aliphatic rings. The Kier molecular flexibility index (Phi) is 3.63. The molecule has 1 atom stereocenters. The van der Waals surface area contributed by atoms with E-state index < -0.39 is 0 Å². The Morgan fingerprint density at radius 2 is 2.17 bits per heavy atom. The highest BCUT2D eigenvalue weighted by Gasteiger charge is 2.27. The van der Waals surface area contributed by atoms with Gasteiger partial charge in [0.25, 0.3) is 0 Å². The summed E-state index contributed by atoms with van der Waals surface area (Å²) in [4.78, 5) is 1.39. The smallest absolute Gasteiger partial charge is 0.125 e. The normalized spacial score (nSPS) is 17.9. The molecule has 0 spiro atoms. The van der Waals surface area contributed by atoms with Crippen molar-refractivity contribution >= 4 is 23.1 Å². The van der Waals surface area contributed by atoms with Gasteiger partial charge in [-0.15, -0.1) is 33.3 Å². The zero-order valence-corrected chi connectivity index (χ0v) is 11.6. The lowest BCUT2D eigenvalue weighted by atomic mass is 10.0. The second kappa shape index (κ2) is 5.38. The van der Waals surface area contributed by atoms with Crippen molar-refractivity contribution in [3.05, 3.63) is 39.8 Å². The molecule has 3 nitrogen and oxygen atoms in total. The van der Waals surface area contributed by atoms with Crippen molar-refractivity contribution < 1.29 is 0 Å². The first kappa shape index (κ1) is 12.1. The molecule has 0 saturated heterocycles. The Balaban J connectivity index is 1.82. The van der Waals surface area contributed by atoms with Gasteiger partial charge in [0.15, 0.2) is 0 Å². The third-order valence-electron chi connectivity index (χ3n) is 3.08. The quantitative estimate of drug-likeness (QED) is 0.933. The molecule has 3 rings (SSSR count). The van der Waals surface area contributed by atoms with Gasteiger partial charge < -0.3 is 5.73 Å². The number of aromatic nitrogens is 2. The van der Waals surface area contributed by atoms with Crippen molar-refractivity contribution in [3.63, 3.8) is 0 Å². The largest absolute Gasteiger partial charge is 0.330 e. The van der Waals surface area contributed by atoms with Gasteiger partial charge in [-0.05, 0) is 24.6 Å². The zero-order valence-electron chi connectivity index (χ0n) is 10.0. The Morgan fingerprint density at radius 1 is 1.28 bits per heavy atom. The second-order valence-electron chi connectivity index (χ2n) is 4.33. The van der Waals surface area contributed by atoms with E-state index in [1.54, 1.807) is 11.3 Å². The van der Waals surface area contributed by atoms with Crippen molar-refractivity contribution in [1.82, 2.24) is 10.2 Å². The molecular formula is C13H15N3S2. The molecule has 1 aliphatic heterocycles. The molecule has 18 heavy (non-hydrogen) atoms. The average Bonchev–Trinajstić information content (AvgIpc) is 3.02. The molecular weight excluding hydrogens is 262 g/mol. The van der Waals surface area contributed by atoms with Crippen molar-refractivity contribution in [2.75, 3.05) is 12.3 Å². The van der Waals surface area contributed by atoms with E-state index in [1.165, 1.54) is 10.5 Å². The molecule has 0 fully saturated rings. The van der Waals surface area contributed by atoms with E-state index in [1.807, 2.05) is 11.8 Å². The number of fused-ring (bicyclic) bond motifs is 1. The summed E-state index contributed by atoms with van der Waals surface area (Å²) in [6.07, 6.45) is 1.94. The Bertz CT molecular complexity index is 539. The minimum absolute atomic E-state index is 0.426. The van der Waals surface area contributed by atoms with E-state index in [2.05, 4.69) is 34.5 Å². The number of nitrogens with two attached hydrogens (primary N) is 1. The van der Waals surface area contributed by atoms with Gasteiger partial charge >= 0.3 is 0 Å². The van der Waals surface area contributed by atoms with Crippen LogP contribution in [0.25, 0.3) is 0 Å². The molecule has 5 heteroatoms. The number of nitrogens with zero attached hydrogens (tertiary/aromatic N) is 2. The van der Waals surface area contributed by atoms with Crippen LogP contribution in [0.15, 0.2) is 29.2 Å². The van der Waals surface area contributed by atoms with Crippen molar-refractivity contribution in [2.45, 2.75) is 23.7 Å². The number of aryl methyl sites for hydroxylation is 1. The van der Waals surface area contributed by atoms with Crippen LogP contribution >= 0.6 is 23.1 Å². The molecule has 1 aromatic carbocycles.